The molecule has 1 fully saturated rings. The fourth-order valence-corrected chi connectivity index (χ4v) is 5.30. The average molecular weight is 505 g/mol. The standard InChI is InChI=1S/C23H28N4O3S3/c1-3-4-9-20-25-26-22(33-20)24-19(28)8-6-5-7-14-27-21(29)18(32-23(27)31)15-16-10-12-17(30-2)13-11-16/h10-13,15H,3-9,14H2,1-2H3,(H,24,26,28)/b18-15-. The van der Waals surface area contributed by atoms with Gasteiger partial charge in [0.05, 0.1) is 12.0 Å². The summed E-state index contributed by atoms with van der Waals surface area (Å²) in [5.74, 6) is 0.656. The zero-order valence-corrected chi connectivity index (χ0v) is 21.3. The Kier molecular flexibility index (Phi) is 9.83. The minimum atomic E-state index is -0.0614. The Morgan fingerprint density at radius 1 is 1.18 bits per heavy atom. The Morgan fingerprint density at radius 2 is 1.97 bits per heavy atom. The molecule has 2 heterocycles. The van der Waals surface area contributed by atoms with Crippen LogP contribution in [0.2, 0.25) is 0 Å². The van der Waals surface area contributed by atoms with Crippen LogP contribution in [0.5, 0.6) is 5.75 Å². The number of carbonyl (C=O) groups excluding carboxylic acids is 2. The van der Waals surface area contributed by atoms with Crippen LogP contribution in [-0.2, 0) is 16.0 Å². The van der Waals surface area contributed by atoms with E-state index in [1.54, 1.807) is 12.0 Å². The van der Waals surface area contributed by atoms with Crippen molar-refractivity contribution >= 4 is 62.7 Å². The zero-order valence-electron chi connectivity index (χ0n) is 18.8. The summed E-state index contributed by atoms with van der Waals surface area (Å²) in [6.45, 7) is 2.69. The van der Waals surface area contributed by atoms with Crippen LogP contribution in [0.25, 0.3) is 6.08 Å². The van der Waals surface area contributed by atoms with Gasteiger partial charge in [-0.15, -0.1) is 10.2 Å². The first-order chi connectivity index (χ1) is 16.0. The largest absolute Gasteiger partial charge is 0.497 e. The maximum Gasteiger partial charge on any atom is 0.266 e. The second-order valence-corrected chi connectivity index (χ2v) is 10.3. The smallest absolute Gasteiger partial charge is 0.266 e. The van der Waals surface area contributed by atoms with Gasteiger partial charge in [0.15, 0.2) is 0 Å². The highest BCUT2D eigenvalue weighted by atomic mass is 32.2. The van der Waals surface area contributed by atoms with Gasteiger partial charge >= 0.3 is 0 Å². The van der Waals surface area contributed by atoms with Crippen molar-refractivity contribution in [2.75, 3.05) is 19.0 Å². The summed E-state index contributed by atoms with van der Waals surface area (Å²) in [6, 6.07) is 7.53. The van der Waals surface area contributed by atoms with Crippen LogP contribution in [0.1, 0.15) is 56.0 Å². The van der Waals surface area contributed by atoms with E-state index in [-0.39, 0.29) is 11.8 Å². The van der Waals surface area contributed by atoms with Crippen LogP contribution >= 0.6 is 35.3 Å². The molecule has 0 unspecified atom stereocenters. The third-order valence-corrected chi connectivity index (χ3v) is 7.31. The van der Waals surface area contributed by atoms with Gasteiger partial charge in [0, 0.05) is 19.4 Å². The predicted octanol–water partition coefficient (Wildman–Crippen LogP) is 5.29. The molecule has 0 saturated carbocycles. The molecule has 3 rings (SSSR count). The van der Waals surface area contributed by atoms with Crippen LogP contribution < -0.4 is 10.1 Å². The van der Waals surface area contributed by atoms with Crippen molar-refractivity contribution in [1.82, 2.24) is 15.1 Å². The van der Waals surface area contributed by atoms with Crippen molar-refractivity contribution in [3.63, 3.8) is 0 Å². The molecule has 1 aliphatic heterocycles. The van der Waals surface area contributed by atoms with Gasteiger partial charge in [0.25, 0.3) is 5.91 Å². The van der Waals surface area contributed by atoms with E-state index in [4.69, 9.17) is 17.0 Å². The lowest BCUT2D eigenvalue weighted by molar-refractivity contribution is -0.122. The number of carbonyl (C=O) groups is 2. The van der Waals surface area contributed by atoms with E-state index in [0.29, 0.717) is 27.3 Å². The van der Waals surface area contributed by atoms with Crippen LogP contribution in [0.3, 0.4) is 0 Å². The molecule has 0 bridgehead atoms. The van der Waals surface area contributed by atoms with Gasteiger partial charge in [0.1, 0.15) is 15.1 Å². The number of amides is 2. The summed E-state index contributed by atoms with van der Waals surface area (Å²) in [4.78, 5) is 27.1. The molecule has 1 aromatic heterocycles. The number of nitrogens with one attached hydrogen (secondary N) is 1. The quantitative estimate of drug-likeness (QED) is 0.239. The molecular formula is C23H28N4O3S3. The Labute approximate surface area is 208 Å². The third kappa shape index (κ3) is 7.62. The van der Waals surface area contributed by atoms with Crippen molar-refractivity contribution in [3.8, 4) is 5.75 Å². The molecule has 0 atom stereocenters. The van der Waals surface area contributed by atoms with Crippen LogP contribution in [-0.4, -0.2) is 44.9 Å². The first-order valence-corrected chi connectivity index (χ1v) is 13.1. The van der Waals surface area contributed by atoms with Gasteiger partial charge in [-0.05, 0) is 43.0 Å². The molecule has 7 nitrogen and oxygen atoms in total. The topological polar surface area (TPSA) is 84.4 Å². The number of thiocarbonyl (C=S) groups is 1. The maximum atomic E-state index is 12.7. The van der Waals surface area contributed by atoms with Gasteiger partial charge in [0.2, 0.25) is 11.0 Å². The van der Waals surface area contributed by atoms with Gasteiger partial charge in [-0.1, -0.05) is 67.2 Å². The van der Waals surface area contributed by atoms with E-state index >= 15 is 0 Å². The number of anilines is 1. The second kappa shape index (κ2) is 12.8. The van der Waals surface area contributed by atoms with E-state index in [1.807, 2.05) is 30.3 Å². The van der Waals surface area contributed by atoms with E-state index in [2.05, 4.69) is 22.4 Å². The number of ether oxygens (including phenoxy) is 1. The number of unbranched alkanes of at least 4 members (excludes halogenated alkanes) is 3. The average Bonchev–Trinajstić information content (AvgIpc) is 3.36. The van der Waals surface area contributed by atoms with Crippen molar-refractivity contribution in [2.45, 2.75) is 51.9 Å². The zero-order chi connectivity index (χ0) is 23.6. The van der Waals surface area contributed by atoms with Crippen LogP contribution in [0.4, 0.5) is 5.13 Å². The summed E-state index contributed by atoms with van der Waals surface area (Å²) in [5.41, 5.74) is 0.926. The fourth-order valence-electron chi connectivity index (χ4n) is 3.19. The van der Waals surface area contributed by atoms with Crippen molar-refractivity contribution in [1.29, 1.82) is 0 Å². The predicted molar refractivity (Wildman–Crippen MR) is 138 cm³/mol. The van der Waals surface area contributed by atoms with Crippen LogP contribution in [0.15, 0.2) is 29.2 Å². The lowest BCUT2D eigenvalue weighted by atomic mass is 10.1. The molecule has 10 heteroatoms. The van der Waals surface area contributed by atoms with Crippen molar-refractivity contribution < 1.29 is 14.3 Å². The number of rotatable bonds is 12. The Bertz CT molecular complexity index is 1000. The molecule has 33 heavy (non-hydrogen) atoms. The van der Waals surface area contributed by atoms with Gasteiger partial charge in [-0.3, -0.25) is 14.5 Å². The lowest BCUT2D eigenvalue weighted by Gasteiger charge is -2.14. The first-order valence-electron chi connectivity index (χ1n) is 11.0. The van der Waals surface area contributed by atoms with Gasteiger partial charge in [-0.2, -0.15) is 0 Å². The fraction of sp³-hybridized carbons (Fsp3) is 0.435. The highest BCUT2D eigenvalue weighted by molar-refractivity contribution is 8.26. The number of aromatic nitrogens is 2. The first kappa shape index (κ1) is 25.3. The second-order valence-electron chi connectivity index (χ2n) is 7.57. The lowest BCUT2D eigenvalue weighted by Crippen LogP contribution is -2.29. The summed E-state index contributed by atoms with van der Waals surface area (Å²) in [5, 5.41) is 12.5. The van der Waals surface area contributed by atoms with E-state index in [0.717, 1.165) is 54.8 Å². The summed E-state index contributed by atoms with van der Waals surface area (Å²) in [7, 11) is 1.62. The minimum absolute atomic E-state index is 0.0544. The Balaban J connectivity index is 1.38. The molecule has 2 amide bonds. The summed E-state index contributed by atoms with van der Waals surface area (Å²) >= 11 is 8.17. The Morgan fingerprint density at radius 3 is 2.70 bits per heavy atom. The highest BCUT2D eigenvalue weighted by Crippen LogP contribution is 2.33. The number of aryl methyl sites for hydroxylation is 1. The third-order valence-electron chi connectivity index (χ3n) is 5.03. The van der Waals surface area contributed by atoms with Crippen molar-refractivity contribution in [3.05, 3.63) is 39.7 Å². The number of thioether (sulfide) groups is 1. The number of benzene rings is 1. The monoisotopic (exact) mass is 504 g/mol. The molecule has 1 N–H and O–H groups in total. The van der Waals surface area contributed by atoms with E-state index in [9.17, 15) is 9.59 Å². The van der Waals surface area contributed by atoms with E-state index < -0.39 is 0 Å². The number of hydrogen-bond acceptors (Lipinski definition) is 8. The molecule has 1 aromatic carbocycles. The molecule has 0 aliphatic carbocycles. The van der Waals surface area contributed by atoms with Crippen LogP contribution in [0, 0.1) is 0 Å². The SMILES string of the molecule is CCCCc1nnc(NC(=O)CCCCCN2C(=O)/C(=C/c3ccc(OC)cc3)SC2=S)s1. The number of hydrogen-bond donors (Lipinski definition) is 1. The number of methoxy groups -OCH3 is 1. The molecule has 1 aliphatic rings. The normalized spacial score (nSPS) is 14.8. The van der Waals surface area contributed by atoms with Gasteiger partial charge < -0.3 is 10.1 Å². The molecule has 2 aromatic rings. The Hall–Kier alpha value is -2.30. The molecule has 1 saturated heterocycles. The maximum absolute atomic E-state index is 12.7. The van der Waals surface area contributed by atoms with Gasteiger partial charge in [-0.25, -0.2) is 0 Å². The highest BCUT2D eigenvalue weighted by Gasteiger charge is 2.31. The summed E-state index contributed by atoms with van der Waals surface area (Å²) in [6.07, 6.45) is 7.70. The summed E-state index contributed by atoms with van der Waals surface area (Å²) < 4.78 is 5.74. The van der Waals surface area contributed by atoms with Crippen molar-refractivity contribution in [2.24, 2.45) is 0 Å². The molecular weight excluding hydrogens is 476 g/mol. The molecule has 176 valence electrons. The number of nitrogens with zero attached hydrogens (tertiary/aromatic N) is 3. The molecule has 0 spiro atoms. The minimum Gasteiger partial charge on any atom is -0.497 e. The van der Waals surface area contributed by atoms with E-state index in [1.165, 1.54) is 23.1 Å². The molecule has 0 radical (unpaired) electrons.